The first-order valence-corrected chi connectivity index (χ1v) is 18.4. The fourth-order valence-electron chi connectivity index (χ4n) is 5.70. The molecular weight excluding hydrogens is 743 g/mol. The van der Waals surface area contributed by atoms with E-state index in [0.717, 1.165) is 17.7 Å². The zero-order valence-electron chi connectivity index (χ0n) is 29.6. The number of hydrogen-bond acceptors (Lipinski definition) is 7. The van der Waals surface area contributed by atoms with Gasteiger partial charge in [-0.1, -0.05) is 42.2 Å². The predicted molar refractivity (Wildman–Crippen MR) is 201 cm³/mol. The molecule has 14 heteroatoms. The Kier molecular flexibility index (Phi) is 16.3. The predicted octanol–water partition coefficient (Wildman–Crippen LogP) is 5.49. The van der Waals surface area contributed by atoms with Gasteiger partial charge in [0.25, 0.3) is 0 Å². The van der Waals surface area contributed by atoms with Crippen LogP contribution in [0.25, 0.3) is 11.0 Å². The molecule has 10 nitrogen and oxygen atoms in total. The third kappa shape index (κ3) is 12.3. The number of esters is 1. The molecule has 1 aromatic heterocycles. The summed E-state index contributed by atoms with van der Waals surface area (Å²) in [7, 11) is 0. The molecule has 3 amide bonds. The van der Waals surface area contributed by atoms with Gasteiger partial charge < -0.3 is 30.2 Å². The molecule has 54 heavy (non-hydrogen) atoms. The van der Waals surface area contributed by atoms with Gasteiger partial charge in [0.1, 0.15) is 41.6 Å². The first kappa shape index (κ1) is 41.8. The second-order valence-electron chi connectivity index (χ2n) is 12.4. The Bertz CT molecular complexity index is 1980. The molecule has 4 N–H and O–H groups in total. The van der Waals surface area contributed by atoms with Crippen LogP contribution in [-0.4, -0.2) is 65.8 Å². The first-order valence-electron chi connectivity index (χ1n) is 17.3. The highest BCUT2D eigenvalue weighted by atomic mass is 35.5. The van der Waals surface area contributed by atoms with Gasteiger partial charge in [0.15, 0.2) is 5.58 Å². The lowest BCUT2D eigenvalue weighted by atomic mass is 9.97. The van der Waals surface area contributed by atoms with Gasteiger partial charge in [0.2, 0.25) is 17.7 Å². The SMILES string of the molecule is CC(=O)N[C@@H](Cc1ccccc1)C(=O)N[C@@H](Cc1cc(C#CCCCCl)c2oc(CCCCl)c(C(=O)OCc3cc(F)cc(F)c3)c2c1)C(=O)NCCO. The molecule has 0 saturated carbocycles. The highest BCUT2D eigenvalue weighted by Gasteiger charge is 2.29. The molecule has 0 spiro atoms. The zero-order valence-corrected chi connectivity index (χ0v) is 31.1. The normalized spacial score (nSPS) is 12.0. The Morgan fingerprint density at radius 3 is 2.22 bits per heavy atom. The van der Waals surface area contributed by atoms with Gasteiger partial charge >= 0.3 is 5.97 Å². The number of unbranched alkanes of at least 4 members (excludes halogenated alkanes) is 1. The molecule has 1 heterocycles. The van der Waals surface area contributed by atoms with E-state index in [9.17, 15) is 33.1 Å². The standard InChI is InChI=1S/C40H41Cl2F2N3O7/c1-25(49)46-34(21-26-9-4-2-5-10-26)39(51)47-33(38(50)45-15-16-48)22-27-17-29(11-6-3-7-13-41)37-32(20-27)36(35(54-37)12-8-14-42)40(52)53-24-28-18-30(43)23-31(44)19-28/h2,4-5,9-10,17-20,23,33-34,48H,3,7-8,12-16,21-22,24H2,1H3,(H,45,50)(H,46,49)(H,47,51)/t33-,34-/m0/s1. The van der Waals surface area contributed by atoms with E-state index in [1.54, 1.807) is 24.3 Å². The molecule has 0 radical (unpaired) electrons. The number of halogens is 4. The minimum absolute atomic E-state index is 0.0524. The number of carbonyl (C=O) groups excluding carboxylic acids is 4. The van der Waals surface area contributed by atoms with Crippen LogP contribution in [0.3, 0.4) is 0 Å². The average molecular weight is 785 g/mol. The molecule has 3 aromatic carbocycles. The van der Waals surface area contributed by atoms with Gasteiger partial charge in [0, 0.05) is 62.4 Å². The Labute approximate surface area is 321 Å². The number of hydrogen-bond donors (Lipinski definition) is 4. The number of furan rings is 1. The maximum Gasteiger partial charge on any atom is 0.342 e. The topological polar surface area (TPSA) is 147 Å². The van der Waals surface area contributed by atoms with Crippen molar-refractivity contribution in [2.75, 3.05) is 24.9 Å². The summed E-state index contributed by atoms with van der Waals surface area (Å²) in [6, 6.07) is 12.9. The molecule has 0 bridgehead atoms. The van der Waals surface area contributed by atoms with Gasteiger partial charge in [-0.3, -0.25) is 14.4 Å². The lowest BCUT2D eigenvalue weighted by Gasteiger charge is -2.23. The molecule has 0 fully saturated rings. The number of rotatable bonds is 18. The van der Waals surface area contributed by atoms with Crippen LogP contribution in [0.2, 0.25) is 0 Å². The maximum atomic E-state index is 13.9. The monoisotopic (exact) mass is 783 g/mol. The summed E-state index contributed by atoms with van der Waals surface area (Å²) in [5.41, 5.74) is 2.05. The second kappa shape index (κ2) is 21.1. The fraction of sp³-hybridized carbons (Fsp3) is 0.350. The molecule has 286 valence electrons. The quantitative estimate of drug-likeness (QED) is 0.0452. The van der Waals surface area contributed by atoms with Crippen LogP contribution in [0.15, 0.2) is 65.1 Å². The van der Waals surface area contributed by atoms with Crippen LogP contribution in [0.5, 0.6) is 0 Å². The van der Waals surface area contributed by atoms with E-state index >= 15 is 0 Å². The number of aryl methyl sites for hydroxylation is 1. The first-order chi connectivity index (χ1) is 26.0. The summed E-state index contributed by atoms with van der Waals surface area (Å²) in [5.74, 6) is 2.90. The van der Waals surface area contributed by atoms with Crippen molar-refractivity contribution in [3.8, 4) is 11.8 Å². The molecule has 0 saturated heterocycles. The van der Waals surface area contributed by atoms with E-state index in [-0.39, 0.29) is 60.8 Å². The van der Waals surface area contributed by atoms with E-state index in [2.05, 4.69) is 27.8 Å². The fourth-order valence-corrected chi connectivity index (χ4v) is 5.97. The summed E-state index contributed by atoms with van der Waals surface area (Å²) in [6.45, 7) is 0.415. The van der Waals surface area contributed by atoms with E-state index < -0.39 is 54.0 Å². The van der Waals surface area contributed by atoms with Crippen LogP contribution < -0.4 is 16.0 Å². The Morgan fingerprint density at radius 2 is 1.56 bits per heavy atom. The minimum Gasteiger partial charge on any atom is -0.459 e. The van der Waals surface area contributed by atoms with Crippen molar-refractivity contribution in [2.24, 2.45) is 0 Å². The highest BCUT2D eigenvalue weighted by Crippen LogP contribution is 2.32. The van der Waals surface area contributed by atoms with E-state index in [1.165, 1.54) is 6.92 Å². The number of aliphatic hydroxyl groups excluding tert-OH is 1. The van der Waals surface area contributed by atoms with Gasteiger partial charge in [0.05, 0.1) is 12.2 Å². The summed E-state index contributed by atoms with van der Waals surface area (Å²) in [4.78, 5) is 53.0. The number of amides is 3. The van der Waals surface area contributed by atoms with Crippen LogP contribution in [0.4, 0.5) is 8.78 Å². The summed E-state index contributed by atoms with van der Waals surface area (Å²) in [6.07, 6.45) is 1.82. The molecule has 4 aromatic rings. The third-order valence-electron chi connectivity index (χ3n) is 8.07. The summed E-state index contributed by atoms with van der Waals surface area (Å²) < 4.78 is 39.5. The molecule has 0 aliphatic carbocycles. The van der Waals surface area contributed by atoms with E-state index in [1.807, 2.05) is 18.2 Å². The Morgan fingerprint density at radius 1 is 0.870 bits per heavy atom. The number of carbonyl (C=O) groups is 4. The largest absolute Gasteiger partial charge is 0.459 e. The van der Waals surface area contributed by atoms with Crippen molar-refractivity contribution in [1.82, 2.24) is 16.0 Å². The van der Waals surface area contributed by atoms with Gasteiger partial charge in [-0.2, -0.15) is 0 Å². The lowest BCUT2D eigenvalue weighted by molar-refractivity contribution is -0.131. The maximum absolute atomic E-state index is 13.9. The van der Waals surface area contributed by atoms with Crippen molar-refractivity contribution in [3.05, 3.63) is 106 Å². The smallest absolute Gasteiger partial charge is 0.342 e. The Hall–Kier alpha value is -4.96. The number of aliphatic hydroxyl groups is 1. The van der Waals surface area contributed by atoms with Crippen molar-refractivity contribution >= 4 is 57.9 Å². The zero-order chi connectivity index (χ0) is 39.0. The third-order valence-corrected chi connectivity index (χ3v) is 8.61. The van der Waals surface area contributed by atoms with Crippen LogP contribution in [-0.2, 0) is 45.0 Å². The van der Waals surface area contributed by atoms with E-state index in [4.69, 9.17) is 32.4 Å². The van der Waals surface area contributed by atoms with Crippen molar-refractivity contribution in [2.45, 2.75) is 64.1 Å². The van der Waals surface area contributed by atoms with Crippen molar-refractivity contribution < 1.29 is 42.2 Å². The van der Waals surface area contributed by atoms with Gasteiger partial charge in [-0.05, 0) is 53.8 Å². The molecule has 0 aliphatic heterocycles. The Balaban J connectivity index is 1.77. The number of alkyl halides is 2. The van der Waals surface area contributed by atoms with Crippen LogP contribution in [0, 0.1) is 23.5 Å². The number of benzene rings is 3. The molecular formula is C40H41Cl2F2N3O7. The summed E-state index contributed by atoms with van der Waals surface area (Å²) in [5, 5.41) is 17.7. The lowest BCUT2D eigenvalue weighted by Crippen LogP contribution is -2.55. The van der Waals surface area contributed by atoms with Gasteiger partial charge in [-0.15, -0.1) is 23.2 Å². The number of ether oxygens (including phenoxy) is 1. The molecule has 0 aliphatic rings. The molecule has 0 unspecified atom stereocenters. The van der Waals surface area contributed by atoms with Crippen molar-refractivity contribution in [3.63, 3.8) is 0 Å². The molecule has 4 rings (SSSR count). The number of nitrogens with one attached hydrogen (secondary N) is 3. The average Bonchev–Trinajstić information content (AvgIpc) is 3.51. The molecule has 2 atom stereocenters. The van der Waals surface area contributed by atoms with Crippen LogP contribution in [0.1, 0.15) is 64.6 Å². The summed E-state index contributed by atoms with van der Waals surface area (Å²) >= 11 is 11.9. The van der Waals surface area contributed by atoms with Crippen LogP contribution >= 0.6 is 23.2 Å². The minimum atomic E-state index is -1.20. The second-order valence-corrected chi connectivity index (χ2v) is 13.1. The van der Waals surface area contributed by atoms with Crippen molar-refractivity contribution in [1.29, 1.82) is 0 Å². The van der Waals surface area contributed by atoms with Gasteiger partial charge in [-0.25, -0.2) is 13.6 Å². The number of fused-ring (bicyclic) bond motifs is 1. The van der Waals surface area contributed by atoms with E-state index in [0.29, 0.717) is 47.7 Å². The highest BCUT2D eigenvalue weighted by molar-refractivity contribution is 6.18.